The smallest absolute Gasteiger partial charge is 0.410 e. The van der Waals surface area contributed by atoms with Gasteiger partial charge in [-0.3, -0.25) is 4.79 Å². The quantitative estimate of drug-likeness (QED) is 0.839. The van der Waals surface area contributed by atoms with Crippen LogP contribution in [0.4, 0.5) is 10.5 Å². The molecule has 1 aromatic carbocycles. The minimum atomic E-state index is -0.529. The van der Waals surface area contributed by atoms with Crippen LogP contribution in [0.2, 0.25) is 0 Å². The SMILES string of the molecule is CCC(=O)N(CC1CN(C(=O)OC(C)(C)C)CCO1)c1ccccc1. The van der Waals surface area contributed by atoms with Crippen LogP contribution in [-0.4, -0.2) is 54.8 Å². The van der Waals surface area contributed by atoms with Gasteiger partial charge in [-0.15, -0.1) is 0 Å². The largest absolute Gasteiger partial charge is 0.444 e. The van der Waals surface area contributed by atoms with Crippen LogP contribution >= 0.6 is 0 Å². The Hall–Kier alpha value is -2.08. The summed E-state index contributed by atoms with van der Waals surface area (Å²) in [7, 11) is 0. The van der Waals surface area contributed by atoms with E-state index in [2.05, 4.69) is 0 Å². The van der Waals surface area contributed by atoms with E-state index in [9.17, 15) is 9.59 Å². The van der Waals surface area contributed by atoms with Crippen molar-refractivity contribution >= 4 is 17.7 Å². The Balaban J connectivity index is 2.04. The number of anilines is 1. The maximum Gasteiger partial charge on any atom is 0.410 e. The predicted octanol–water partition coefficient (Wildman–Crippen LogP) is 3.07. The van der Waals surface area contributed by atoms with Gasteiger partial charge in [0.15, 0.2) is 0 Å². The lowest BCUT2D eigenvalue weighted by Crippen LogP contribution is -2.51. The van der Waals surface area contributed by atoms with Crippen molar-refractivity contribution in [3.05, 3.63) is 30.3 Å². The van der Waals surface area contributed by atoms with Crippen LogP contribution < -0.4 is 4.90 Å². The highest BCUT2D eigenvalue weighted by atomic mass is 16.6. The van der Waals surface area contributed by atoms with E-state index in [1.165, 1.54) is 0 Å². The first-order valence-corrected chi connectivity index (χ1v) is 8.75. The van der Waals surface area contributed by atoms with Crippen molar-refractivity contribution in [1.82, 2.24) is 4.90 Å². The lowest BCUT2D eigenvalue weighted by molar-refractivity contribution is -0.119. The molecule has 0 radical (unpaired) electrons. The Labute approximate surface area is 149 Å². The predicted molar refractivity (Wildman–Crippen MR) is 96.6 cm³/mol. The summed E-state index contributed by atoms with van der Waals surface area (Å²) in [5, 5.41) is 0. The van der Waals surface area contributed by atoms with E-state index in [0.717, 1.165) is 5.69 Å². The topological polar surface area (TPSA) is 59.1 Å². The van der Waals surface area contributed by atoms with Gasteiger partial charge in [-0.05, 0) is 32.9 Å². The number of carbonyl (C=O) groups is 2. The van der Waals surface area contributed by atoms with Gasteiger partial charge in [-0.25, -0.2) is 4.79 Å². The average Bonchev–Trinajstić information content (AvgIpc) is 2.58. The number of hydrogen-bond acceptors (Lipinski definition) is 4. The van der Waals surface area contributed by atoms with Gasteiger partial charge < -0.3 is 19.3 Å². The zero-order valence-corrected chi connectivity index (χ0v) is 15.5. The summed E-state index contributed by atoms with van der Waals surface area (Å²) in [5.41, 5.74) is 0.311. The summed E-state index contributed by atoms with van der Waals surface area (Å²) in [5.74, 6) is 0.0317. The molecule has 0 spiro atoms. The number of para-hydroxylation sites is 1. The molecule has 0 N–H and O–H groups in total. The van der Waals surface area contributed by atoms with Gasteiger partial charge in [0.05, 0.1) is 25.8 Å². The second-order valence-corrected chi connectivity index (χ2v) is 7.11. The lowest BCUT2D eigenvalue weighted by Gasteiger charge is -2.36. The Kier molecular flexibility index (Phi) is 6.42. The molecule has 0 bridgehead atoms. The van der Waals surface area contributed by atoms with Crippen molar-refractivity contribution in [3.63, 3.8) is 0 Å². The maximum atomic E-state index is 12.4. The Morgan fingerprint density at radius 2 is 1.96 bits per heavy atom. The van der Waals surface area contributed by atoms with E-state index < -0.39 is 5.60 Å². The summed E-state index contributed by atoms with van der Waals surface area (Å²) < 4.78 is 11.2. The van der Waals surface area contributed by atoms with E-state index in [1.54, 1.807) is 9.80 Å². The van der Waals surface area contributed by atoms with Gasteiger partial charge >= 0.3 is 6.09 Å². The monoisotopic (exact) mass is 348 g/mol. The van der Waals surface area contributed by atoms with Crippen LogP contribution in [-0.2, 0) is 14.3 Å². The molecule has 1 unspecified atom stereocenters. The summed E-state index contributed by atoms with van der Waals surface area (Å²) in [4.78, 5) is 28.0. The number of rotatable bonds is 4. The van der Waals surface area contributed by atoms with Crippen molar-refractivity contribution in [2.75, 3.05) is 31.1 Å². The number of nitrogens with zero attached hydrogens (tertiary/aromatic N) is 2. The molecular weight excluding hydrogens is 320 g/mol. The van der Waals surface area contributed by atoms with Gasteiger partial charge in [-0.2, -0.15) is 0 Å². The zero-order valence-electron chi connectivity index (χ0n) is 15.5. The fourth-order valence-corrected chi connectivity index (χ4v) is 2.68. The molecule has 1 fully saturated rings. The molecule has 0 saturated carbocycles. The Morgan fingerprint density at radius 1 is 1.28 bits per heavy atom. The minimum Gasteiger partial charge on any atom is -0.444 e. The maximum absolute atomic E-state index is 12.4. The molecule has 1 aromatic rings. The first kappa shape index (κ1) is 19.2. The van der Waals surface area contributed by atoms with Gasteiger partial charge in [0.1, 0.15) is 5.60 Å². The highest BCUT2D eigenvalue weighted by molar-refractivity contribution is 5.93. The van der Waals surface area contributed by atoms with E-state index in [0.29, 0.717) is 32.7 Å². The van der Waals surface area contributed by atoms with E-state index in [1.807, 2.05) is 58.0 Å². The number of benzene rings is 1. The third kappa shape index (κ3) is 5.74. The molecule has 1 aliphatic rings. The van der Waals surface area contributed by atoms with Crippen LogP contribution in [0, 0.1) is 0 Å². The lowest BCUT2D eigenvalue weighted by atomic mass is 10.2. The zero-order chi connectivity index (χ0) is 18.4. The van der Waals surface area contributed by atoms with E-state index in [4.69, 9.17) is 9.47 Å². The molecule has 1 saturated heterocycles. The standard InChI is InChI=1S/C19H28N2O4/c1-5-17(22)21(15-9-7-6-8-10-15)14-16-13-20(11-12-24-16)18(23)25-19(2,3)4/h6-10,16H,5,11-14H2,1-4H3. The van der Waals surface area contributed by atoms with Gasteiger partial charge in [0, 0.05) is 18.7 Å². The molecule has 1 heterocycles. The van der Waals surface area contributed by atoms with Crippen molar-refractivity contribution in [1.29, 1.82) is 0 Å². The number of ether oxygens (including phenoxy) is 2. The molecule has 2 rings (SSSR count). The highest BCUT2D eigenvalue weighted by Gasteiger charge is 2.30. The van der Waals surface area contributed by atoms with Crippen LogP contribution in [0.15, 0.2) is 30.3 Å². The molecular formula is C19H28N2O4. The van der Waals surface area contributed by atoms with Crippen molar-refractivity contribution in [2.45, 2.75) is 45.8 Å². The van der Waals surface area contributed by atoms with Crippen molar-refractivity contribution in [2.24, 2.45) is 0 Å². The van der Waals surface area contributed by atoms with E-state index in [-0.39, 0.29) is 18.1 Å². The Morgan fingerprint density at radius 3 is 2.56 bits per heavy atom. The van der Waals surface area contributed by atoms with E-state index >= 15 is 0 Å². The van der Waals surface area contributed by atoms with Crippen LogP contribution in [0.25, 0.3) is 0 Å². The number of hydrogen-bond donors (Lipinski definition) is 0. The molecule has 25 heavy (non-hydrogen) atoms. The average molecular weight is 348 g/mol. The summed E-state index contributed by atoms with van der Waals surface area (Å²) in [6.45, 7) is 9.14. The second kappa shape index (κ2) is 8.34. The summed E-state index contributed by atoms with van der Waals surface area (Å²) >= 11 is 0. The van der Waals surface area contributed by atoms with Gasteiger partial charge in [-0.1, -0.05) is 25.1 Å². The molecule has 0 aromatic heterocycles. The first-order valence-electron chi connectivity index (χ1n) is 8.75. The Bertz CT molecular complexity index is 583. The van der Waals surface area contributed by atoms with Crippen molar-refractivity contribution in [3.8, 4) is 0 Å². The van der Waals surface area contributed by atoms with Gasteiger partial charge in [0.25, 0.3) is 0 Å². The minimum absolute atomic E-state index is 0.0317. The third-order valence-corrected chi connectivity index (χ3v) is 3.85. The normalized spacial score (nSPS) is 17.9. The fourth-order valence-electron chi connectivity index (χ4n) is 2.68. The molecule has 138 valence electrons. The second-order valence-electron chi connectivity index (χ2n) is 7.11. The van der Waals surface area contributed by atoms with Crippen LogP contribution in [0.3, 0.4) is 0 Å². The van der Waals surface area contributed by atoms with Gasteiger partial charge in [0.2, 0.25) is 5.91 Å². The van der Waals surface area contributed by atoms with Crippen LogP contribution in [0.5, 0.6) is 0 Å². The third-order valence-electron chi connectivity index (χ3n) is 3.85. The molecule has 2 amide bonds. The number of amides is 2. The molecule has 1 aliphatic heterocycles. The highest BCUT2D eigenvalue weighted by Crippen LogP contribution is 2.18. The molecule has 1 atom stereocenters. The summed E-state index contributed by atoms with van der Waals surface area (Å²) in [6, 6.07) is 9.53. The number of morpholine rings is 1. The van der Waals surface area contributed by atoms with Crippen molar-refractivity contribution < 1.29 is 19.1 Å². The number of carbonyl (C=O) groups excluding carboxylic acids is 2. The molecule has 6 heteroatoms. The fraction of sp³-hybridized carbons (Fsp3) is 0.579. The molecule has 0 aliphatic carbocycles. The molecule has 6 nitrogen and oxygen atoms in total. The van der Waals surface area contributed by atoms with Crippen LogP contribution in [0.1, 0.15) is 34.1 Å². The summed E-state index contributed by atoms with van der Waals surface area (Å²) in [6.07, 6.45) is -0.164. The first-order chi connectivity index (χ1) is 11.8.